The predicted molar refractivity (Wildman–Crippen MR) is 122 cm³/mol. The number of imidazole rings is 1. The second-order valence-electron chi connectivity index (χ2n) is 8.62. The van der Waals surface area contributed by atoms with E-state index in [1.807, 2.05) is 48.2 Å². The van der Waals surface area contributed by atoms with Gasteiger partial charge in [0.15, 0.2) is 17.3 Å². The third-order valence-corrected chi connectivity index (χ3v) is 5.76. The van der Waals surface area contributed by atoms with Crippen molar-refractivity contribution in [3.05, 3.63) is 72.0 Å². The van der Waals surface area contributed by atoms with Gasteiger partial charge in [0.1, 0.15) is 12.0 Å². The van der Waals surface area contributed by atoms with Crippen molar-refractivity contribution in [1.82, 2.24) is 29.3 Å². The van der Waals surface area contributed by atoms with Gasteiger partial charge < -0.3 is 14.5 Å². The van der Waals surface area contributed by atoms with E-state index in [0.29, 0.717) is 23.1 Å². The zero-order valence-electron chi connectivity index (χ0n) is 18.7. The number of anilines is 1. The Morgan fingerprint density at radius 2 is 2.00 bits per heavy atom. The number of carbonyl (C=O) groups is 1. The third-order valence-electron chi connectivity index (χ3n) is 5.76. The zero-order chi connectivity index (χ0) is 23.1. The molecule has 3 aromatic heterocycles. The zero-order valence-corrected chi connectivity index (χ0v) is 18.7. The van der Waals surface area contributed by atoms with Gasteiger partial charge in [0.05, 0.1) is 17.7 Å². The summed E-state index contributed by atoms with van der Waals surface area (Å²) in [5.74, 6) is -0.313. The summed E-state index contributed by atoms with van der Waals surface area (Å²) in [6, 6.07) is 8.36. The number of aryl methyl sites for hydroxylation is 1. The number of hydrogen-bond acceptors (Lipinski definition) is 5. The first-order valence-electron chi connectivity index (χ1n) is 10.9. The number of hydrogen-bond donors (Lipinski definition) is 1. The number of benzene rings is 1. The normalized spacial score (nSPS) is 13.5. The predicted octanol–water partition coefficient (Wildman–Crippen LogP) is 4.68. The second kappa shape index (κ2) is 8.23. The highest BCUT2D eigenvalue weighted by Crippen LogP contribution is 2.39. The number of rotatable bonds is 6. The molecule has 0 radical (unpaired) electrons. The highest BCUT2D eigenvalue weighted by atomic mass is 19.1. The Morgan fingerprint density at radius 3 is 2.76 bits per heavy atom. The summed E-state index contributed by atoms with van der Waals surface area (Å²) in [7, 11) is 0. The Labute approximate surface area is 190 Å². The molecule has 33 heavy (non-hydrogen) atoms. The largest absolute Gasteiger partial charge is 0.320 e. The molecule has 1 saturated carbocycles. The summed E-state index contributed by atoms with van der Waals surface area (Å²) >= 11 is 0. The summed E-state index contributed by atoms with van der Waals surface area (Å²) in [4.78, 5) is 21.7. The highest BCUT2D eigenvalue weighted by molar-refractivity contribution is 6.03. The lowest BCUT2D eigenvalue weighted by Gasteiger charge is -2.12. The van der Waals surface area contributed by atoms with Crippen molar-refractivity contribution in [1.29, 1.82) is 0 Å². The lowest BCUT2D eigenvalue weighted by atomic mass is 10.1. The van der Waals surface area contributed by atoms with Crippen LogP contribution in [0.2, 0.25) is 0 Å². The number of nitrogens with zero attached hydrogens (tertiary/aromatic N) is 6. The molecule has 168 valence electrons. The molecule has 0 saturated heterocycles. The van der Waals surface area contributed by atoms with Crippen LogP contribution in [0.5, 0.6) is 0 Å². The van der Waals surface area contributed by atoms with Crippen LogP contribution >= 0.6 is 0 Å². The van der Waals surface area contributed by atoms with E-state index < -0.39 is 11.7 Å². The molecule has 0 unspecified atom stereocenters. The minimum atomic E-state index is -0.706. The van der Waals surface area contributed by atoms with Crippen LogP contribution in [0.15, 0.2) is 49.2 Å². The topological polar surface area (TPSA) is 90.5 Å². The monoisotopic (exact) mass is 445 g/mol. The van der Waals surface area contributed by atoms with Gasteiger partial charge in [-0.3, -0.25) is 4.79 Å². The van der Waals surface area contributed by atoms with Crippen molar-refractivity contribution >= 4 is 11.6 Å². The van der Waals surface area contributed by atoms with Crippen molar-refractivity contribution in [3.8, 4) is 17.2 Å². The van der Waals surface area contributed by atoms with Gasteiger partial charge >= 0.3 is 0 Å². The van der Waals surface area contributed by atoms with E-state index in [1.54, 1.807) is 18.7 Å². The fourth-order valence-corrected chi connectivity index (χ4v) is 3.75. The maximum atomic E-state index is 14.5. The van der Waals surface area contributed by atoms with Gasteiger partial charge in [-0.1, -0.05) is 6.07 Å². The summed E-state index contributed by atoms with van der Waals surface area (Å²) in [5.41, 5.74) is 3.64. The van der Waals surface area contributed by atoms with Crippen LogP contribution in [0.3, 0.4) is 0 Å². The van der Waals surface area contributed by atoms with Crippen molar-refractivity contribution in [2.45, 2.75) is 45.6 Å². The lowest BCUT2D eigenvalue weighted by molar-refractivity contribution is 0.101. The van der Waals surface area contributed by atoms with Crippen molar-refractivity contribution in [2.24, 2.45) is 0 Å². The van der Waals surface area contributed by atoms with E-state index in [2.05, 4.69) is 25.5 Å². The van der Waals surface area contributed by atoms with Crippen LogP contribution in [0.1, 0.15) is 60.4 Å². The number of carbonyl (C=O) groups excluding carboxylic acids is 1. The molecule has 8 nitrogen and oxygen atoms in total. The summed E-state index contributed by atoms with van der Waals surface area (Å²) in [5, 5.41) is 10.8. The van der Waals surface area contributed by atoms with Crippen LogP contribution in [-0.2, 0) is 0 Å². The molecule has 5 rings (SSSR count). The average Bonchev–Trinajstić information content (AvgIpc) is 3.32. The molecule has 1 aromatic carbocycles. The first-order chi connectivity index (χ1) is 15.9. The SMILES string of the molecule is Cc1ccc(NC(=O)c2nc(-c3nncn3C(C)C)ccc2F)cc1-n1cnc(C2CC2)c1. The molecule has 0 bridgehead atoms. The first-order valence-corrected chi connectivity index (χ1v) is 10.9. The summed E-state index contributed by atoms with van der Waals surface area (Å²) in [6.07, 6.45) is 7.76. The molecule has 3 heterocycles. The number of nitrogens with one attached hydrogen (secondary N) is 1. The summed E-state index contributed by atoms with van der Waals surface area (Å²) in [6.45, 7) is 5.95. The van der Waals surface area contributed by atoms with Gasteiger partial charge in [-0.25, -0.2) is 14.4 Å². The van der Waals surface area contributed by atoms with Gasteiger partial charge in [0, 0.05) is 23.8 Å². The van der Waals surface area contributed by atoms with Gasteiger partial charge in [-0.05, 0) is 63.4 Å². The van der Waals surface area contributed by atoms with Crippen LogP contribution in [0, 0.1) is 12.7 Å². The number of aromatic nitrogens is 6. The van der Waals surface area contributed by atoms with E-state index in [1.165, 1.54) is 25.0 Å². The van der Waals surface area contributed by atoms with Crippen molar-refractivity contribution in [2.75, 3.05) is 5.32 Å². The van der Waals surface area contributed by atoms with E-state index in [0.717, 1.165) is 16.9 Å². The lowest BCUT2D eigenvalue weighted by Crippen LogP contribution is -2.17. The quantitative estimate of drug-likeness (QED) is 0.465. The van der Waals surface area contributed by atoms with E-state index in [-0.39, 0.29) is 11.7 Å². The molecule has 1 aliphatic rings. The molecule has 0 atom stereocenters. The number of halogens is 1. The minimum absolute atomic E-state index is 0.0914. The molecule has 1 fully saturated rings. The number of pyridine rings is 1. The van der Waals surface area contributed by atoms with Gasteiger partial charge in [-0.15, -0.1) is 10.2 Å². The van der Waals surface area contributed by atoms with Crippen LogP contribution < -0.4 is 5.32 Å². The van der Waals surface area contributed by atoms with Gasteiger partial charge in [0.25, 0.3) is 5.91 Å². The molecule has 1 aliphatic carbocycles. The number of amides is 1. The van der Waals surface area contributed by atoms with Crippen LogP contribution in [-0.4, -0.2) is 35.2 Å². The Bertz CT molecular complexity index is 1340. The molecular formula is C24H24FN7O. The van der Waals surface area contributed by atoms with Gasteiger partial charge in [-0.2, -0.15) is 0 Å². The molecule has 0 aliphatic heterocycles. The molecule has 4 aromatic rings. The molecule has 1 N–H and O–H groups in total. The Balaban J connectivity index is 1.42. The highest BCUT2D eigenvalue weighted by Gasteiger charge is 2.26. The van der Waals surface area contributed by atoms with Crippen molar-refractivity contribution in [3.63, 3.8) is 0 Å². The fourth-order valence-electron chi connectivity index (χ4n) is 3.75. The van der Waals surface area contributed by atoms with E-state index in [4.69, 9.17) is 0 Å². The Hall–Kier alpha value is -3.88. The standard InChI is InChI=1S/C24H24FN7O/c1-14(2)32-13-27-30-23(32)19-9-8-18(25)22(29-19)24(33)28-17-7-4-15(3)21(10-17)31-11-20(26-12-31)16-5-6-16/h4,7-14,16H,5-6H2,1-3H3,(H,28,33). The second-order valence-corrected chi connectivity index (χ2v) is 8.62. The maximum absolute atomic E-state index is 14.5. The van der Waals surface area contributed by atoms with Crippen LogP contribution in [0.25, 0.3) is 17.2 Å². The molecular weight excluding hydrogens is 421 g/mol. The third kappa shape index (κ3) is 4.13. The molecule has 0 spiro atoms. The molecule has 1 amide bonds. The average molecular weight is 446 g/mol. The van der Waals surface area contributed by atoms with Gasteiger partial charge in [0.2, 0.25) is 0 Å². The maximum Gasteiger partial charge on any atom is 0.277 e. The van der Waals surface area contributed by atoms with E-state index >= 15 is 0 Å². The first kappa shape index (κ1) is 21.0. The van der Waals surface area contributed by atoms with E-state index in [9.17, 15) is 9.18 Å². The molecule has 9 heteroatoms. The van der Waals surface area contributed by atoms with Crippen LogP contribution in [0.4, 0.5) is 10.1 Å². The smallest absolute Gasteiger partial charge is 0.277 e. The minimum Gasteiger partial charge on any atom is -0.320 e. The Kier molecular flexibility index (Phi) is 5.24. The fraction of sp³-hybridized carbons (Fsp3) is 0.292. The summed E-state index contributed by atoms with van der Waals surface area (Å²) < 4.78 is 18.3. The Morgan fingerprint density at radius 1 is 1.18 bits per heavy atom. The van der Waals surface area contributed by atoms with Crippen molar-refractivity contribution < 1.29 is 9.18 Å².